The van der Waals surface area contributed by atoms with Crippen molar-refractivity contribution in [3.8, 4) is 0 Å². The lowest BCUT2D eigenvalue weighted by molar-refractivity contribution is -0.140. The van der Waals surface area contributed by atoms with Crippen molar-refractivity contribution in [2.24, 2.45) is 5.92 Å². The van der Waals surface area contributed by atoms with Crippen LogP contribution in [-0.2, 0) is 21.0 Å². The van der Waals surface area contributed by atoms with Gasteiger partial charge in [-0.3, -0.25) is 4.79 Å². The number of amides is 1. The largest absolute Gasteiger partial charge is 0.417 e. The van der Waals surface area contributed by atoms with E-state index in [1.54, 1.807) is 4.90 Å². The number of alkyl halides is 3. The van der Waals surface area contributed by atoms with Gasteiger partial charge in [-0.2, -0.15) is 17.5 Å². The van der Waals surface area contributed by atoms with Crippen molar-refractivity contribution in [2.75, 3.05) is 26.2 Å². The molecule has 4 rings (SSSR count). The van der Waals surface area contributed by atoms with Crippen molar-refractivity contribution in [3.05, 3.63) is 71.8 Å². The van der Waals surface area contributed by atoms with Crippen LogP contribution >= 0.6 is 0 Å². The molecule has 2 aromatic rings. The topological polar surface area (TPSA) is 57.7 Å². The molecule has 2 aromatic carbocycles. The van der Waals surface area contributed by atoms with E-state index in [9.17, 15) is 26.4 Å². The number of nitrogens with zero attached hydrogens (tertiary/aromatic N) is 2. The quantitative estimate of drug-likeness (QED) is 0.654. The summed E-state index contributed by atoms with van der Waals surface area (Å²) in [4.78, 5) is 14.0. The molecule has 0 N–H and O–H groups in total. The van der Waals surface area contributed by atoms with Crippen LogP contribution in [0, 0.1) is 5.92 Å². The first-order chi connectivity index (χ1) is 15.7. The zero-order valence-electron chi connectivity index (χ0n) is 18.0. The highest BCUT2D eigenvalue weighted by Gasteiger charge is 2.40. The molecular weight excluding hydrogens is 453 g/mol. The average Bonchev–Trinajstić information content (AvgIpc) is 2.84. The summed E-state index contributed by atoms with van der Waals surface area (Å²) in [5.74, 6) is -0.355. The highest BCUT2D eigenvalue weighted by atomic mass is 32.2. The smallest absolute Gasteiger partial charge is 0.338 e. The van der Waals surface area contributed by atoms with Gasteiger partial charge in [0.1, 0.15) is 0 Å². The molecule has 0 saturated carbocycles. The van der Waals surface area contributed by atoms with Gasteiger partial charge in [0.05, 0.1) is 10.5 Å². The van der Waals surface area contributed by atoms with Gasteiger partial charge in [0, 0.05) is 32.1 Å². The fourth-order valence-corrected chi connectivity index (χ4v) is 6.13. The summed E-state index contributed by atoms with van der Waals surface area (Å²) < 4.78 is 66.9. The summed E-state index contributed by atoms with van der Waals surface area (Å²) in [7, 11) is -4.31. The van der Waals surface area contributed by atoms with Crippen LogP contribution in [0.15, 0.2) is 65.6 Å². The number of carbonyl (C=O) groups is 1. The van der Waals surface area contributed by atoms with Crippen molar-refractivity contribution in [1.29, 1.82) is 0 Å². The number of sulfonamides is 1. The van der Waals surface area contributed by atoms with Crippen molar-refractivity contribution >= 4 is 21.5 Å². The summed E-state index contributed by atoms with van der Waals surface area (Å²) in [6.45, 7) is 1.13. The van der Waals surface area contributed by atoms with Crippen LogP contribution < -0.4 is 0 Å². The van der Waals surface area contributed by atoms with E-state index < -0.39 is 26.7 Å². The lowest BCUT2D eigenvalue weighted by atomic mass is 9.94. The number of piperidine rings is 1. The van der Waals surface area contributed by atoms with Gasteiger partial charge in [0.25, 0.3) is 0 Å². The third kappa shape index (κ3) is 4.99. The minimum Gasteiger partial charge on any atom is -0.338 e. The second-order valence-corrected chi connectivity index (χ2v) is 10.2. The summed E-state index contributed by atoms with van der Waals surface area (Å²) in [5, 5.41) is 0. The zero-order chi connectivity index (χ0) is 23.6. The number of halogens is 3. The lowest BCUT2D eigenvalue weighted by Crippen LogP contribution is -2.45. The molecule has 0 spiro atoms. The zero-order valence-corrected chi connectivity index (χ0v) is 18.8. The number of benzene rings is 2. The Hall–Kier alpha value is -2.65. The lowest BCUT2D eigenvalue weighted by Gasteiger charge is -2.35. The molecule has 1 fully saturated rings. The van der Waals surface area contributed by atoms with E-state index in [2.05, 4.69) is 0 Å². The molecule has 1 amide bonds. The fourth-order valence-electron chi connectivity index (χ4n) is 4.45. The van der Waals surface area contributed by atoms with E-state index in [0.717, 1.165) is 28.4 Å². The molecule has 0 aliphatic carbocycles. The first kappa shape index (κ1) is 23.5. The van der Waals surface area contributed by atoms with E-state index in [0.29, 0.717) is 13.1 Å². The first-order valence-electron chi connectivity index (χ1n) is 10.9. The van der Waals surface area contributed by atoms with Crippen molar-refractivity contribution in [3.63, 3.8) is 0 Å². The van der Waals surface area contributed by atoms with Gasteiger partial charge in [-0.25, -0.2) is 8.42 Å². The first-order valence-corrected chi connectivity index (χ1v) is 12.3. The molecule has 9 heteroatoms. The molecular formula is C24H25F3N2O3S. The minimum atomic E-state index is -4.77. The Bertz CT molecular complexity index is 1140. The highest BCUT2D eigenvalue weighted by molar-refractivity contribution is 7.89. The van der Waals surface area contributed by atoms with Gasteiger partial charge < -0.3 is 4.90 Å². The standard InChI is InChI=1S/C24H25F3N2O3S/c25-24(26,27)21-8-4-5-9-22(21)33(31,32)29-16-12-20(13-17-29)23(30)28-14-10-19(11-15-28)18-6-2-1-3-7-18/h1-10,20H,11-17H2. The van der Waals surface area contributed by atoms with E-state index in [4.69, 9.17) is 0 Å². The van der Waals surface area contributed by atoms with Crippen LogP contribution in [0.1, 0.15) is 30.4 Å². The van der Waals surface area contributed by atoms with Gasteiger partial charge in [-0.05, 0) is 42.5 Å². The van der Waals surface area contributed by atoms with Crippen molar-refractivity contribution < 1.29 is 26.4 Å². The third-order valence-electron chi connectivity index (χ3n) is 6.28. The molecule has 0 atom stereocenters. The SMILES string of the molecule is O=C(C1CCN(S(=O)(=O)c2ccccc2C(F)(F)F)CC1)N1CC=C(c2ccccc2)CC1. The summed E-state index contributed by atoms with van der Waals surface area (Å²) in [6.07, 6.45) is -1.39. The van der Waals surface area contributed by atoms with Crippen LogP contribution in [0.2, 0.25) is 0 Å². The molecule has 1 saturated heterocycles. The third-order valence-corrected chi connectivity index (χ3v) is 8.24. The maximum absolute atomic E-state index is 13.3. The second-order valence-electron chi connectivity index (χ2n) is 8.30. The van der Waals surface area contributed by atoms with Gasteiger partial charge in [-0.15, -0.1) is 0 Å². The number of rotatable bonds is 4. The van der Waals surface area contributed by atoms with Crippen LogP contribution in [0.5, 0.6) is 0 Å². The fraction of sp³-hybridized carbons (Fsp3) is 0.375. The molecule has 0 aromatic heterocycles. The number of hydrogen-bond donors (Lipinski definition) is 0. The summed E-state index contributed by atoms with van der Waals surface area (Å²) in [5.41, 5.74) is 1.17. The van der Waals surface area contributed by atoms with Crippen LogP contribution in [0.4, 0.5) is 13.2 Å². The Morgan fingerprint density at radius 3 is 2.15 bits per heavy atom. The highest BCUT2D eigenvalue weighted by Crippen LogP contribution is 2.36. The number of hydrogen-bond acceptors (Lipinski definition) is 3. The molecule has 0 bridgehead atoms. The summed E-state index contributed by atoms with van der Waals surface area (Å²) >= 11 is 0. The van der Waals surface area contributed by atoms with Gasteiger partial charge in [-0.1, -0.05) is 48.5 Å². The predicted octanol–water partition coefficient (Wildman–Crippen LogP) is 4.42. The normalized spacial score (nSPS) is 18.8. The van der Waals surface area contributed by atoms with Crippen LogP contribution in [0.3, 0.4) is 0 Å². The monoisotopic (exact) mass is 478 g/mol. The maximum atomic E-state index is 13.3. The minimum absolute atomic E-state index is 0.0177. The molecule has 33 heavy (non-hydrogen) atoms. The van der Waals surface area contributed by atoms with E-state index >= 15 is 0 Å². The molecule has 2 aliphatic heterocycles. The predicted molar refractivity (Wildman–Crippen MR) is 119 cm³/mol. The molecule has 176 valence electrons. The summed E-state index contributed by atoms with van der Waals surface area (Å²) in [6, 6.07) is 14.2. The van der Waals surface area contributed by atoms with Crippen LogP contribution in [-0.4, -0.2) is 49.7 Å². The average molecular weight is 479 g/mol. The van der Waals surface area contributed by atoms with Gasteiger partial charge in [0.15, 0.2) is 0 Å². The van der Waals surface area contributed by atoms with Gasteiger partial charge in [0.2, 0.25) is 15.9 Å². The molecule has 2 heterocycles. The Balaban J connectivity index is 1.39. The molecule has 5 nitrogen and oxygen atoms in total. The van der Waals surface area contributed by atoms with Gasteiger partial charge >= 0.3 is 6.18 Å². The molecule has 0 radical (unpaired) electrons. The number of carbonyl (C=O) groups excluding carboxylic acids is 1. The van der Waals surface area contributed by atoms with Crippen LogP contribution in [0.25, 0.3) is 5.57 Å². The van der Waals surface area contributed by atoms with E-state index in [1.165, 1.54) is 17.7 Å². The Kier molecular flexibility index (Phi) is 6.63. The molecule has 2 aliphatic rings. The maximum Gasteiger partial charge on any atom is 0.417 e. The Morgan fingerprint density at radius 1 is 0.909 bits per heavy atom. The molecule has 0 unspecified atom stereocenters. The van der Waals surface area contributed by atoms with Crippen molar-refractivity contribution in [2.45, 2.75) is 30.3 Å². The Morgan fingerprint density at radius 2 is 1.55 bits per heavy atom. The van der Waals surface area contributed by atoms with E-state index in [-0.39, 0.29) is 37.8 Å². The van der Waals surface area contributed by atoms with E-state index in [1.807, 2.05) is 36.4 Å². The second kappa shape index (κ2) is 9.30. The Labute approximate surface area is 191 Å². The van der Waals surface area contributed by atoms with Crippen molar-refractivity contribution in [1.82, 2.24) is 9.21 Å².